The zero-order valence-electron chi connectivity index (χ0n) is 11.1. The maximum atomic E-state index is 11.9. The van der Waals surface area contributed by atoms with Crippen LogP contribution in [-0.2, 0) is 11.8 Å². The molecular weight excluding hydrogens is 242 g/mol. The SMILES string of the molecule is COCCNC(=O)c1cccc(-c2cnn(C)c2)c1. The number of hydrogen-bond acceptors (Lipinski definition) is 3. The van der Waals surface area contributed by atoms with E-state index in [0.29, 0.717) is 18.7 Å². The molecular formula is C14H17N3O2. The monoisotopic (exact) mass is 259 g/mol. The summed E-state index contributed by atoms with van der Waals surface area (Å²) < 4.78 is 6.63. The number of nitrogens with one attached hydrogen (secondary N) is 1. The quantitative estimate of drug-likeness (QED) is 0.827. The minimum atomic E-state index is -0.0946. The van der Waals surface area contributed by atoms with E-state index >= 15 is 0 Å². The van der Waals surface area contributed by atoms with Crippen LogP contribution >= 0.6 is 0 Å². The third-order valence-electron chi connectivity index (χ3n) is 2.75. The first-order valence-electron chi connectivity index (χ1n) is 6.07. The standard InChI is InChI=1S/C14H17N3O2/c1-17-10-13(9-16-17)11-4-3-5-12(8-11)14(18)15-6-7-19-2/h3-5,8-10H,6-7H2,1-2H3,(H,15,18). The van der Waals surface area contributed by atoms with Gasteiger partial charge in [-0.15, -0.1) is 0 Å². The maximum Gasteiger partial charge on any atom is 0.251 e. The van der Waals surface area contributed by atoms with Crippen LogP contribution in [0.4, 0.5) is 0 Å². The molecule has 1 amide bonds. The smallest absolute Gasteiger partial charge is 0.251 e. The Morgan fingerprint density at radius 1 is 1.42 bits per heavy atom. The average Bonchev–Trinajstić information content (AvgIpc) is 2.86. The summed E-state index contributed by atoms with van der Waals surface area (Å²) in [7, 11) is 3.47. The summed E-state index contributed by atoms with van der Waals surface area (Å²) >= 11 is 0. The molecule has 0 aliphatic rings. The zero-order chi connectivity index (χ0) is 13.7. The fraction of sp³-hybridized carbons (Fsp3) is 0.286. The number of benzene rings is 1. The number of aryl methyl sites for hydroxylation is 1. The van der Waals surface area contributed by atoms with Crippen molar-refractivity contribution < 1.29 is 9.53 Å². The number of methoxy groups -OCH3 is 1. The Balaban J connectivity index is 2.13. The lowest BCUT2D eigenvalue weighted by Gasteiger charge is -2.05. The van der Waals surface area contributed by atoms with Gasteiger partial charge in [0, 0.05) is 38.0 Å². The van der Waals surface area contributed by atoms with Crippen LogP contribution in [-0.4, -0.2) is 35.9 Å². The first-order chi connectivity index (χ1) is 9.20. The molecule has 2 rings (SSSR count). The van der Waals surface area contributed by atoms with Gasteiger partial charge in [0.2, 0.25) is 0 Å². The molecule has 0 fully saturated rings. The number of carbonyl (C=O) groups is 1. The van der Waals surface area contributed by atoms with Crippen LogP contribution in [0.1, 0.15) is 10.4 Å². The van der Waals surface area contributed by atoms with Crippen molar-refractivity contribution in [3.05, 3.63) is 42.2 Å². The molecule has 0 bridgehead atoms. The van der Waals surface area contributed by atoms with Gasteiger partial charge in [0.05, 0.1) is 12.8 Å². The van der Waals surface area contributed by atoms with Crippen LogP contribution in [0, 0.1) is 0 Å². The summed E-state index contributed by atoms with van der Waals surface area (Å²) in [5.74, 6) is -0.0946. The highest BCUT2D eigenvalue weighted by molar-refractivity contribution is 5.95. The van der Waals surface area contributed by atoms with Gasteiger partial charge in [0.15, 0.2) is 0 Å². The second-order valence-corrected chi connectivity index (χ2v) is 4.23. The highest BCUT2D eigenvalue weighted by atomic mass is 16.5. The first kappa shape index (κ1) is 13.3. The van der Waals surface area contributed by atoms with Crippen molar-refractivity contribution >= 4 is 5.91 Å². The van der Waals surface area contributed by atoms with Gasteiger partial charge in [-0.2, -0.15) is 5.10 Å². The molecule has 1 heterocycles. The van der Waals surface area contributed by atoms with E-state index in [2.05, 4.69) is 10.4 Å². The molecule has 0 saturated carbocycles. The molecule has 0 saturated heterocycles. The molecule has 1 aromatic carbocycles. The van der Waals surface area contributed by atoms with Crippen molar-refractivity contribution in [3.63, 3.8) is 0 Å². The van der Waals surface area contributed by atoms with Crippen LogP contribution < -0.4 is 5.32 Å². The van der Waals surface area contributed by atoms with Crippen LogP contribution in [0.5, 0.6) is 0 Å². The number of ether oxygens (including phenoxy) is 1. The van der Waals surface area contributed by atoms with E-state index in [1.165, 1.54) is 0 Å². The number of nitrogens with zero attached hydrogens (tertiary/aromatic N) is 2. The minimum absolute atomic E-state index is 0.0946. The molecule has 100 valence electrons. The maximum absolute atomic E-state index is 11.9. The predicted molar refractivity (Wildman–Crippen MR) is 72.9 cm³/mol. The number of aromatic nitrogens is 2. The topological polar surface area (TPSA) is 56.1 Å². The Kier molecular flexibility index (Phi) is 4.30. The molecule has 0 spiro atoms. The highest BCUT2D eigenvalue weighted by Gasteiger charge is 2.07. The Morgan fingerprint density at radius 2 is 2.26 bits per heavy atom. The molecule has 0 aliphatic heterocycles. The van der Waals surface area contributed by atoms with E-state index in [9.17, 15) is 4.79 Å². The molecule has 0 atom stereocenters. The van der Waals surface area contributed by atoms with Gasteiger partial charge in [-0.1, -0.05) is 12.1 Å². The summed E-state index contributed by atoms with van der Waals surface area (Å²) in [5.41, 5.74) is 2.61. The summed E-state index contributed by atoms with van der Waals surface area (Å²) in [6.45, 7) is 1.01. The van der Waals surface area contributed by atoms with E-state index < -0.39 is 0 Å². The van der Waals surface area contributed by atoms with Gasteiger partial charge < -0.3 is 10.1 Å². The lowest BCUT2D eigenvalue weighted by atomic mass is 10.1. The molecule has 0 unspecified atom stereocenters. The van der Waals surface area contributed by atoms with Gasteiger partial charge in [0.25, 0.3) is 5.91 Å². The normalized spacial score (nSPS) is 10.4. The fourth-order valence-electron chi connectivity index (χ4n) is 1.78. The van der Waals surface area contributed by atoms with E-state index in [1.807, 2.05) is 31.4 Å². The van der Waals surface area contributed by atoms with Crippen molar-refractivity contribution in [2.24, 2.45) is 7.05 Å². The van der Waals surface area contributed by atoms with Gasteiger partial charge in [-0.05, 0) is 17.7 Å². The van der Waals surface area contributed by atoms with Gasteiger partial charge >= 0.3 is 0 Å². The minimum Gasteiger partial charge on any atom is -0.383 e. The molecule has 19 heavy (non-hydrogen) atoms. The van der Waals surface area contributed by atoms with Crippen LogP contribution in [0.25, 0.3) is 11.1 Å². The van der Waals surface area contributed by atoms with Crippen LogP contribution in [0.15, 0.2) is 36.7 Å². The molecule has 0 aliphatic carbocycles. The van der Waals surface area contributed by atoms with Gasteiger partial charge in [0.1, 0.15) is 0 Å². The second-order valence-electron chi connectivity index (χ2n) is 4.23. The zero-order valence-corrected chi connectivity index (χ0v) is 11.1. The van der Waals surface area contributed by atoms with Crippen molar-refractivity contribution in [1.82, 2.24) is 15.1 Å². The van der Waals surface area contributed by atoms with Crippen molar-refractivity contribution in [3.8, 4) is 11.1 Å². The highest BCUT2D eigenvalue weighted by Crippen LogP contribution is 2.19. The first-order valence-corrected chi connectivity index (χ1v) is 6.07. The Morgan fingerprint density at radius 3 is 2.95 bits per heavy atom. The van der Waals surface area contributed by atoms with E-state index in [4.69, 9.17) is 4.74 Å². The van der Waals surface area contributed by atoms with Gasteiger partial charge in [-0.3, -0.25) is 9.48 Å². The lowest BCUT2D eigenvalue weighted by Crippen LogP contribution is -2.26. The second kappa shape index (κ2) is 6.15. The van der Waals surface area contributed by atoms with Crippen LogP contribution in [0.2, 0.25) is 0 Å². The largest absolute Gasteiger partial charge is 0.383 e. The third kappa shape index (κ3) is 3.42. The average molecular weight is 259 g/mol. The van der Waals surface area contributed by atoms with E-state index in [-0.39, 0.29) is 5.91 Å². The number of hydrogen-bond donors (Lipinski definition) is 1. The molecule has 1 N–H and O–H groups in total. The molecule has 1 aromatic heterocycles. The summed E-state index contributed by atoms with van der Waals surface area (Å²) in [4.78, 5) is 11.9. The van der Waals surface area contributed by atoms with Crippen LogP contribution in [0.3, 0.4) is 0 Å². The van der Waals surface area contributed by atoms with E-state index in [1.54, 1.807) is 24.1 Å². The Labute approximate surface area is 112 Å². The fourth-order valence-corrected chi connectivity index (χ4v) is 1.78. The summed E-state index contributed by atoms with van der Waals surface area (Å²) in [6.07, 6.45) is 3.70. The molecule has 5 nitrogen and oxygen atoms in total. The number of carbonyl (C=O) groups excluding carboxylic acids is 1. The summed E-state index contributed by atoms with van der Waals surface area (Å²) in [6, 6.07) is 7.48. The van der Waals surface area contributed by atoms with E-state index in [0.717, 1.165) is 11.1 Å². The van der Waals surface area contributed by atoms with Crippen molar-refractivity contribution in [2.45, 2.75) is 0 Å². The summed E-state index contributed by atoms with van der Waals surface area (Å²) in [5, 5.41) is 6.93. The number of amides is 1. The van der Waals surface area contributed by atoms with Crippen molar-refractivity contribution in [2.75, 3.05) is 20.3 Å². The Bertz CT molecular complexity index is 563. The molecule has 2 aromatic rings. The Hall–Kier alpha value is -2.14. The molecule has 0 radical (unpaired) electrons. The lowest BCUT2D eigenvalue weighted by molar-refractivity contribution is 0.0937. The third-order valence-corrected chi connectivity index (χ3v) is 2.75. The number of rotatable bonds is 5. The van der Waals surface area contributed by atoms with Crippen molar-refractivity contribution in [1.29, 1.82) is 0 Å². The molecule has 5 heteroatoms. The predicted octanol–water partition coefficient (Wildman–Crippen LogP) is 1.46. The van der Waals surface area contributed by atoms with Gasteiger partial charge in [-0.25, -0.2) is 0 Å².